The largest absolute Gasteiger partial charge is 0.394 e. The minimum atomic E-state index is -0.225. The molecular formula is C15H16Cl2N2O3S2. The summed E-state index contributed by atoms with van der Waals surface area (Å²) in [4.78, 5) is 15.7. The Morgan fingerprint density at radius 1 is 1.33 bits per heavy atom. The molecular weight excluding hydrogens is 391 g/mol. The summed E-state index contributed by atoms with van der Waals surface area (Å²) in [6.45, 7) is 2.10. The monoisotopic (exact) mass is 406 g/mol. The van der Waals surface area contributed by atoms with Crippen LogP contribution in [-0.4, -0.2) is 27.9 Å². The summed E-state index contributed by atoms with van der Waals surface area (Å²) < 4.78 is 7.31. The second-order valence-corrected chi connectivity index (χ2v) is 7.11. The number of aliphatic hydroxyl groups excluding tert-OH is 1. The number of H-pyrrole nitrogens is 1. The number of aromatic amines is 1. The summed E-state index contributed by atoms with van der Waals surface area (Å²) in [5.74, 6) is 0. The first-order chi connectivity index (χ1) is 11.5. The second-order valence-electron chi connectivity index (χ2n) is 4.79. The molecule has 0 saturated heterocycles. The number of nitrogens with one attached hydrogen (secondary N) is 1. The fourth-order valence-electron chi connectivity index (χ4n) is 2.06. The zero-order valence-electron chi connectivity index (χ0n) is 12.8. The third-order valence-electron chi connectivity index (χ3n) is 3.10. The van der Waals surface area contributed by atoms with Gasteiger partial charge in [0.25, 0.3) is 5.56 Å². The number of aromatic nitrogens is 2. The van der Waals surface area contributed by atoms with Crippen molar-refractivity contribution in [1.82, 2.24) is 9.55 Å². The van der Waals surface area contributed by atoms with Crippen LogP contribution >= 0.6 is 47.2 Å². The number of nitrogens with zero attached hydrogens (tertiary/aromatic N) is 1. The van der Waals surface area contributed by atoms with Crippen LogP contribution in [0.15, 0.2) is 32.9 Å². The van der Waals surface area contributed by atoms with E-state index in [9.17, 15) is 4.79 Å². The standard InChI is InChI=1S/C15H16Cl2N2O3S2/c1-2-12-13(21)18-15(23)19(8-22-4-3-20)14(12)24-11-6-9(16)5-10(17)7-11/h5-7,20H,2-4,8H2,1H3,(H,18,21,23). The average molecular weight is 407 g/mol. The summed E-state index contributed by atoms with van der Waals surface area (Å²) in [5.41, 5.74) is 0.369. The van der Waals surface area contributed by atoms with Crippen molar-refractivity contribution in [2.45, 2.75) is 30.0 Å². The van der Waals surface area contributed by atoms with E-state index in [4.69, 9.17) is 45.3 Å². The van der Waals surface area contributed by atoms with Crippen LogP contribution in [0.5, 0.6) is 0 Å². The van der Waals surface area contributed by atoms with E-state index in [1.165, 1.54) is 11.8 Å². The summed E-state index contributed by atoms with van der Waals surface area (Å²) in [6, 6.07) is 5.17. The van der Waals surface area contributed by atoms with Gasteiger partial charge >= 0.3 is 0 Å². The van der Waals surface area contributed by atoms with Gasteiger partial charge in [-0.3, -0.25) is 14.3 Å². The normalized spacial score (nSPS) is 11.0. The predicted molar refractivity (Wildman–Crippen MR) is 98.9 cm³/mol. The molecule has 5 nitrogen and oxygen atoms in total. The molecule has 0 aliphatic carbocycles. The molecule has 0 aliphatic rings. The molecule has 1 aromatic carbocycles. The third-order valence-corrected chi connectivity index (χ3v) is 4.99. The number of rotatable bonds is 7. The van der Waals surface area contributed by atoms with Crippen molar-refractivity contribution in [3.63, 3.8) is 0 Å². The van der Waals surface area contributed by atoms with E-state index in [1.807, 2.05) is 6.92 Å². The van der Waals surface area contributed by atoms with Crippen LogP contribution in [0.3, 0.4) is 0 Å². The quantitative estimate of drug-likeness (QED) is 0.414. The highest BCUT2D eigenvalue weighted by Crippen LogP contribution is 2.33. The van der Waals surface area contributed by atoms with Crippen LogP contribution in [0.25, 0.3) is 0 Å². The van der Waals surface area contributed by atoms with Crippen LogP contribution in [0.2, 0.25) is 10.0 Å². The van der Waals surface area contributed by atoms with Crippen LogP contribution in [0.1, 0.15) is 12.5 Å². The topological polar surface area (TPSA) is 67.2 Å². The molecule has 0 fully saturated rings. The highest BCUT2D eigenvalue weighted by Gasteiger charge is 2.14. The lowest BCUT2D eigenvalue weighted by Crippen LogP contribution is -2.22. The third kappa shape index (κ3) is 4.84. The Morgan fingerprint density at radius 3 is 2.58 bits per heavy atom. The highest BCUT2D eigenvalue weighted by atomic mass is 35.5. The predicted octanol–water partition coefficient (Wildman–Crippen LogP) is 3.89. The lowest BCUT2D eigenvalue weighted by atomic mass is 10.2. The van der Waals surface area contributed by atoms with E-state index in [2.05, 4.69) is 4.98 Å². The molecule has 0 radical (unpaired) electrons. The van der Waals surface area contributed by atoms with E-state index >= 15 is 0 Å². The number of aliphatic hydroxyl groups is 1. The van der Waals surface area contributed by atoms with Crippen LogP contribution in [0.4, 0.5) is 0 Å². The minimum Gasteiger partial charge on any atom is -0.394 e. The van der Waals surface area contributed by atoms with Gasteiger partial charge in [-0.2, -0.15) is 0 Å². The van der Waals surface area contributed by atoms with Crippen LogP contribution in [-0.2, 0) is 17.9 Å². The Kier molecular flexibility index (Phi) is 7.34. The first kappa shape index (κ1) is 19.5. The molecule has 24 heavy (non-hydrogen) atoms. The van der Waals surface area contributed by atoms with Gasteiger partial charge in [-0.1, -0.05) is 41.9 Å². The molecule has 2 N–H and O–H groups in total. The summed E-state index contributed by atoms with van der Waals surface area (Å²) >= 11 is 18.7. The Hall–Kier alpha value is -0.830. The number of hydrogen-bond donors (Lipinski definition) is 2. The molecule has 130 valence electrons. The molecule has 1 aromatic heterocycles. The molecule has 0 spiro atoms. The van der Waals surface area contributed by atoms with E-state index in [1.54, 1.807) is 22.8 Å². The number of halogens is 2. The minimum absolute atomic E-state index is 0.0936. The second kappa shape index (κ2) is 9.03. The molecule has 0 amide bonds. The van der Waals surface area contributed by atoms with Crippen LogP contribution < -0.4 is 5.56 Å². The van der Waals surface area contributed by atoms with Crippen molar-refractivity contribution in [3.05, 3.63) is 48.9 Å². The van der Waals surface area contributed by atoms with Gasteiger partial charge in [0.1, 0.15) is 6.73 Å². The Bertz CT molecular complexity index is 816. The smallest absolute Gasteiger partial charge is 0.255 e. The molecule has 0 atom stereocenters. The lowest BCUT2D eigenvalue weighted by Gasteiger charge is -2.16. The fourth-order valence-corrected chi connectivity index (χ4v) is 4.22. The van der Waals surface area contributed by atoms with Gasteiger partial charge in [-0.15, -0.1) is 0 Å². The van der Waals surface area contributed by atoms with Gasteiger partial charge in [0.15, 0.2) is 4.77 Å². The van der Waals surface area contributed by atoms with Gasteiger partial charge in [-0.05, 0) is 36.8 Å². The summed E-state index contributed by atoms with van der Waals surface area (Å²) in [5, 5.41) is 10.6. The van der Waals surface area contributed by atoms with E-state index in [-0.39, 0.29) is 30.3 Å². The molecule has 9 heteroatoms. The number of ether oxygens (including phenoxy) is 1. The zero-order chi connectivity index (χ0) is 17.7. The maximum atomic E-state index is 12.2. The molecule has 0 saturated carbocycles. The Morgan fingerprint density at radius 2 is 2.00 bits per heavy atom. The van der Waals surface area contributed by atoms with Crippen molar-refractivity contribution >= 4 is 47.2 Å². The number of benzene rings is 1. The average Bonchev–Trinajstić information content (AvgIpc) is 2.49. The molecule has 0 unspecified atom stereocenters. The van der Waals surface area contributed by atoms with Crippen molar-refractivity contribution in [3.8, 4) is 0 Å². The maximum absolute atomic E-state index is 12.2. The van der Waals surface area contributed by atoms with Gasteiger partial charge < -0.3 is 9.84 Å². The highest BCUT2D eigenvalue weighted by molar-refractivity contribution is 7.99. The fraction of sp³-hybridized carbons (Fsp3) is 0.333. The lowest BCUT2D eigenvalue weighted by molar-refractivity contribution is 0.0422. The van der Waals surface area contributed by atoms with Crippen molar-refractivity contribution < 1.29 is 9.84 Å². The summed E-state index contributed by atoms with van der Waals surface area (Å²) in [7, 11) is 0. The van der Waals surface area contributed by atoms with E-state index in [0.717, 1.165) is 4.90 Å². The Balaban J connectivity index is 2.51. The van der Waals surface area contributed by atoms with Gasteiger partial charge in [0, 0.05) is 20.5 Å². The first-order valence-corrected chi connectivity index (χ1v) is 9.12. The zero-order valence-corrected chi connectivity index (χ0v) is 16.0. The first-order valence-electron chi connectivity index (χ1n) is 7.14. The summed E-state index contributed by atoms with van der Waals surface area (Å²) in [6.07, 6.45) is 0.529. The van der Waals surface area contributed by atoms with Gasteiger partial charge in [0.05, 0.1) is 18.2 Å². The van der Waals surface area contributed by atoms with Gasteiger partial charge in [0.2, 0.25) is 0 Å². The van der Waals surface area contributed by atoms with Crippen LogP contribution in [0, 0.1) is 4.77 Å². The van der Waals surface area contributed by atoms with Crippen molar-refractivity contribution in [2.75, 3.05) is 13.2 Å². The van der Waals surface area contributed by atoms with Crippen molar-refractivity contribution in [1.29, 1.82) is 0 Å². The van der Waals surface area contributed by atoms with Crippen molar-refractivity contribution in [2.24, 2.45) is 0 Å². The van der Waals surface area contributed by atoms with E-state index < -0.39 is 0 Å². The molecule has 0 bridgehead atoms. The number of hydrogen-bond acceptors (Lipinski definition) is 5. The SMILES string of the molecule is CCc1c(Sc2cc(Cl)cc(Cl)c2)n(COCCO)c(=S)[nH]c1=O. The van der Waals surface area contributed by atoms with E-state index in [0.29, 0.717) is 27.1 Å². The maximum Gasteiger partial charge on any atom is 0.255 e. The molecule has 0 aliphatic heterocycles. The Labute approximate surface area is 158 Å². The van der Waals surface area contributed by atoms with Gasteiger partial charge in [-0.25, -0.2) is 0 Å². The molecule has 2 aromatic rings. The molecule has 2 rings (SSSR count). The molecule has 1 heterocycles.